The number of thiazole rings is 1. The van der Waals surface area contributed by atoms with Crippen molar-refractivity contribution in [1.82, 2.24) is 9.55 Å². The average molecular weight is 416 g/mol. The van der Waals surface area contributed by atoms with Gasteiger partial charge in [-0.3, -0.25) is 24.3 Å². The lowest BCUT2D eigenvalue weighted by atomic mass is 10.1. The Kier molecular flexibility index (Phi) is 5.88. The minimum atomic E-state index is -0.636. The van der Waals surface area contributed by atoms with Crippen LogP contribution < -0.4 is 20.3 Å². The molecule has 150 valence electrons. The zero-order valence-corrected chi connectivity index (χ0v) is 16.3. The number of carbonyl (C=O) groups is 1. The van der Waals surface area contributed by atoms with Crippen LogP contribution in [0.2, 0.25) is 0 Å². The second-order valence-electron chi connectivity index (χ2n) is 5.76. The predicted molar refractivity (Wildman–Crippen MR) is 107 cm³/mol. The molecule has 2 aromatic heterocycles. The van der Waals surface area contributed by atoms with E-state index in [2.05, 4.69) is 10.3 Å². The summed E-state index contributed by atoms with van der Waals surface area (Å²) in [6.07, 6.45) is 1.02. The third-order valence-electron chi connectivity index (χ3n) is 3.93. The predicted octanol–water partition coefficient (Wildman–Crippen LogP) is 2.54. The molecule has 3 aromatic rings. The van der Waals surface area contributed by atoms with Crippen molar-refractivity contribution < 1.29 is 19.2 Å². The number of hydrogen-bond donors (Lipinski definition) is 1. The topological polar surface area (TPSA) is 126 Å². The Hall–Kier alpha value is -3.73. The third kappa shape index (κ3) is 4.58. The smallest absolute Gasteiger partial charge is 0.285 e. The van der Waals surface area contributed by atoms with Crippen LogP contribution in [0.4, 0.5) is 10.8 Å². The maximum absolute atomic E-state index is 12.3. The van der Waals surface area contributed by atoms with Gasteiger partial charge in [0.25, 0.3) is 11.2 Å². The summed E-state index contributed by atoms with van der Waals surface area (Å²) < 4.78 is 11.5. The highest BCUT2D eigenvalue weighted by atomic mass is 32.1. The van der Waals surface area contributed by atoms with Crippen molar-refractivity contribution in [3.8, 4) is 22.8 Å². The van der Waals surface area contributed by atoms with Crippen molar-refractivity contribution in [2.45, 2.75) is 6.54 Å². The molecule has 0 aliphatic rings. The van der Waals surface area contributed by atoms with E-state index in [0.717, 1.165) is 22.9 Å². The number of amides is 1. The molecule has 10 nitrogen and oxygen atoms in total. The fraction of sp³-hybridized carbons (Fsp3) is 0.167. The molecule has 0 saturated heterocycles. The Morgan fingerprint density at radius 3 is 2.76 bits per heavy atom. The van der Waals surface area contributed by atoms with E-state index >= 15 is 0 Å². The number of aromatic nitrogens is 2. The van der Waals surface area contributed by atoms with Gasteiger partial charge in [-0.05, 0) is 18.2 Å². The first-order chi connectivity index (χ1) is 13.9. The Morgan fingerprint density at radius 2 is 2.07 bits per heavy atom. The van der Waals surface area contributed by atoms with Gasteiger partial charge in [-0.2, -0.15) is 0 Å². The Labute approximate surface area is 168 Å². The van der Waals surface area contributed by atoms with Crippen LogP contribution in [0.3, 0.4) is 0 Å². The summed E-state index contributed by atoms with van der Waals surface area (Å²) in [5.41, 5.74) is 0.470. The fourth-order valence-electron chi connectivity index (χ4n) is 2.53. The first-order valence-corrected chi connectivity index (χ1v) is 9.12. The second-order valence-corrected chi connectivity index (χ2v) is 6.62. The summed E-state index contributed by atoms with van der Waals surface area (Å²) in [7, 11) is 3.09. The highest BCUT2D eigenvalue weighted by Gasteiger charge is 2.15. The van der Waals surface area contributed by atoms with Crippen molar-refractivity contribution in [3.05, 3.63) is 62.4 Å². The Morgan fingerprint density at radius 1 is 1.28 bits per heavy atom. The van der Waals surface area contributed by atoms with Gasteiger partial charge in [0.2, 0.25) is 5.91 Å². The molecule has 1 amide bonds. The maximum Gasteiger partial charge on any atom is 0.285 e. The van der Waals surface area contributed by atoms with Gasteiger partial charge < -0.3 is 14.8 Å². The number of hydrogen-bond acceptors (Lipinski definition) is 8. The summed E-state index contributed by atoms with van der Waals surface area (Å²) in [5.74, 6) is 0.688. The number of nitrogens with zero attached hydrogens (tertiary/aromatic N) is 3. The first kappa shape index (κ1) is 20.0. The van der Waals surface area contributed by atoms with Gasteiger partial charge >= 0.3 is 0 Å². The summed E-state index contributed by atoms with van der Waals surface area (Å²) >= 11 is 1.19. The van der Waals surface area contributed by atoms with Crippen LogP contribution >= 0.6 is 11.3 Å². The third-order valence-corrected chi connectivity index (χ3v) is 4.68. The van der Waals surface area contributed by atoms with Gasteiger partial charge in [0.15, 0.2) is 5.13 Å². The van der Waals surface area contributed by atoms with E-state index in [1.54, 1.807) is 30.7 Å². The molecule has 0 unspecified atom stereocenters. The van der Waals surface area contributed by atoms with Crippen molar-refractivity contribution >= 4 is 28.1 Å². The molecule has 11 heteroatoms. The molecule has 3 rings (SSSR count). The normalized spacial score (nSPS) is 10.4. The highest BCUT2D eigenvalue weighted by molar-refractivity contribution is 7.14. The highest BCUT2D eigenvalue weighted by Crippen LogP contribution is 2.35. The molecular formula is C18H16N4O6S. The molecule has 0 fully saturated rings. The number of rotatable bonds is 7. The Balaban J connectivity index is 1.77. The van der Waals surface area contributed by atoms with Gasteiger partial charge in [0, 0.05) is 23.1 Å². The minimum Gasteiger partial charge on any atom is -0.497 e. The zero-order chi connectivity index (χ0) is 21.0. The van der Waals surface area contributed by atoms with Gasteiger partial charge in [0.1, 0.15) is 18.0 Å². The lowest BCUT2D eigenvalue weighted by Gasteiger charge is -2.08. The van der Waals surface area contributed by atoms with Crippen LogP contribution in [-0.2, 0) is 11.3 Å². The molecule has 29 heavy (non-hydrogen) atoms. The molecule has 0 saturated carbocycles. The SMILES string of the molecule is COc1ccc(OC)c(-c2csc(NC(=O)Cn3cc([N+](=O)[O-])ccc3=O)n2)c1. The van der Waals surface area contributed by atoms with Crippen molar-refractivity contribution in [3.63, 3.8) is 0 Å². The molecule has 0 spiro atoms. The first-order valence-electron chi connectivity index (χ1n) is 8.24. The van der Waals surface area contributed by atoms with Crippen LogP contribution in [0.25, 0.3) is 11.3 Å². The average Bonchev–Trinajstić information content (AvgIpc) is 3.17. The van der Waals surface area contributed by atoms with E-state index in [0.29, 0.717) is 27.9 Å². The number of nitro groups is 1. The van der Waals surface area contributed by atoms with Crippen LogP contribution in [0.15, 0.2) is 46.7 Å². The molecule has 1 N–H and O–H groups in total. The lowest BCUT2D eigenvalue weighted by molar-refractivity contribution is -0.385. The van der Waals surface area contributed by atoms with E-state index in [4.69, 9.17) is 9.47 Å². The fourth-order valence-corrected chi connectivity index (χ4v) is 3.26. The summed E-state index contributed by atoms with van der Waals surface area (Å²) in [6, 6.07) is 7.41. The second kappa shape index (κ2) is 8.52. The molecule has 2 heterocycles. The number of carbonyl (C=O) groups excluding carboxylic acids is 1. The maximum atomic E-state index is 12.3. The van der Waals surface area contributed by atoms with Gasteiger partial charge in [-0.15, -0.1) is 11.3 Å². The van der Waals surface area contributed by atoms with Gasteiger partial charge in [-0.1, -0.05) is 0 Å². The summed E-state index contributed by atoms with van der Waals surface area (Å²) in [5, 5.41) is 15.5. The standard InChI is InChI=1S/C18H16N4O6S/c1-27-12-4-5-15(28-2)13(7-12)14-10-29-18(19-14)20-16(23)9-21-8-11(22(25)26)3-6-17(21)24/h3-8,10H,9H2,1-2H3,(H,19,20,23). The van der Waals surface area contributed by atoms with E-state index in [1.807, 2.05) is 0 Å². The number of benzene rings is 1. The van der Waals surface area contributed by atoms with Gasteiger partial charge in [0.05, 0.1) is 31.0 Å². The number of anilines is 1. The van der Waals surface area contributed by atoms with Crippen molar-refractivity contribution in [2.75, 3.05) is 19.5 Å². The van der Waals surface area contributed by atoms with E-state index in [-0.39, 0.29) is 12.2 Å². The van der Waals surface area contributed by atoms with E-state index in [9.17, 15) is 19.7 Å². The van der Waals surface area contributed by atoms with Crippen LogP contribution in [-0.4, -0.2) is 34.6 Å². The molecule has 0 atom stereocenters. The molecular weight excluding hydrogens is 400 g/mol. The summed E-state index contributed by atoms with van der Waals surface area (Å²) in [4.78, 5) is 38.7. The van der Waals surface area contributed by atoms with Crippen molar-refractivity contribution in [2.24, 2.45) is 0 Å². The largest absolute Gasteiger partial charge is 0.497 e. The Bertz CT molecular complexity index is 1120. The molecule has 0 aliphatic heterocycles. The quantitative estimate of drug-likeness (QED) is 0.463. The van der Waals surface area contributed by atoms with Crippen molar-refractivity contribution in [1.29, 1.82) is 0 Å². The molecule has 0 bridgehead atoms. The van der Waals surface area contributed by atoms with E-state index in [1.165, 1.54) is 18.4 Å². The number of ether oxygens (including phenoxy) is 2. The molecule has 0 aliphatic carbocycles. The van der Waals surface area contributed by atoms with Crippen LogP contribution in [0, 0.1) is 10.1 Å². The summed E-state index contributed by atoms with van der Waals surface area (Å²) in [6.45, 7) is -0.377. The minimum absolute atomic E-state index is 0.279. The lowest BCUT2D eigenvalue weighted by Crippen LogP contribution is -2.26. The zero-order valence-electron chi connectivity index (χ0n) is 15.4. The monoisotopic (exact) mass is 416 g/mol. The number of methoxy groups -OCH3 is 2. The van der Waals surface area contributed by atoms with Crippen LogP contribution in [0.5, 0.6) is 11.5 Å². The molecule has 1 aromatic carbocycles. The van der Waals surface area contributed by atoms with Gasteiger partial charge in [-0.25, -0.2) is 4.98 Å². The van der Waals surface area contributed by atoms with E-state index < -0.39 is 16.4 Å². The molecule has 0 radical (unpaired) electrons. The number of nitrogens with one attached hydrogen (secondary N) is 1. The number of pyridine rings is 1. The van der Waals surface area contributed by atoms with Crippen LogP contribution in [0.1, 0.15) is 0 Å².